The van der Waals surface area contributed by atoms with Gasteiger partial charge in [-0.3, -0.25) is 19.2 Å². The van der Waals surface area contributed by atoms with Crippen molar-refractivity contribution in [1.82, 2.24) is 0 Å². The first-order valence-electron chi connectivity index (χ1n) is 7.69. The summed E-state index contributed by atoms with van der Waals surface area (Å²) in [5.74, 6) is -0.787. The Kier molecular flexibility index (Phi) is 6.45. The Balaban J connectivity index is 2.62. The summed E-state index contributed by atoms with van der Waals surface area (Å²) in [6.07, 6.45) is 1.86. The molecule has 0 aliphatic heterocycles. The molecule has 0 unspecified atom stereocenters. The highest BCUT2D eigenvalue weighted by atomic mass is 32.2. The van der Waals surface area contributed by atoms with Crippen molar-refractivity contribution in [2.75, 3.05) is 24.2 Å². The van der Waals surface area contributed by atoms with E-state index in [4.69, 9.17) is 0 Å². The van der Waals surface area contributed by atoms with Gasteiger partial charge in [-0.2, -0.15) is 0 Å². The van der Waals surface area contributed by atoms with Crippen molar-refractivity contribution in [3.63, 3.8) is 0 Å². The van der Waals surface area contributed by atoms with Gasteiger partial charge in [0.15, 0.2) is 0 Å². The molecule has 2 aromatic carbocycles. The van der Waals surface area contributed by atoms with E-state index in [0.29, 0.717) is 5.56 Å². The maximum absolute atomic E-state index is 13.2. The number of methoxy groups -OCH3 is 1. The molecule has 0 atom stereocenters. The highest BCUT2D eigenvalue weighted by molar-refractivity contribution is 7.98. The third-order valence-corrected chi connectivity index (χ3v) is 6.34. The second kappa shape index (κ2) is 8.40. The number of hydrogen-bond donors (Lipinski definition) is 0. The summed E-state index contributed by atoms with van der Waals surface area (Å²) in [6, 6.07) is 9.99. The Bertz CT molecular complexity index is 958. The first-order valence-corrected chi connectivity index (χ1v) is 10.4. The van der Waals surface area contributed by atoms with E-state index in [1.807, 2.05) is 6.26 Å². The predicted molar refractivity (Wildman–Crippen MR) is 103 cm³/mol. The van der Waals surface area contributed by atoms with Crippen molar-refractivity contribution in [1.29, 1.82) is 0 Å². The minimum absolute atomic E-state index is 0.0323. The van der Waals surface area contributed by atoms with Gasteiger partial charge >= 0.3 is 5.97 Å². The van der Waals surface area contributed by atoms with Crippen LogP contribution in [0.1, 0.15) is 5.56 Å². The number of rotatable bonds is 7. The van der Waals surface area contributed by atoms with Crippen LogP contribution in [0.5, 0.6) is 0 Å². The highest BCUT2D eigenvalue weighted by Gasteiger charge is 2.29. The predicted octanol–water partition coefficient (Wildman–Crippen LogP) is 2.99. The van der Waals surface area contributed by atoms with Gasteiger partial charge in [0.25, 0.3) is 15.7 Å². The van der Waals surface area contributed by atoms with Gasteiger partial charge in [0.2, 0.25) is 0 Å². The maximum Gasteiger partial charge on any atom is 0.326 e. The lowest BCUT2D eigenvalue weighted by Gasteiger charge is -2.24. The molecule has 0 aliphatic rings. The van der Waals surface area contributed by atoms with Crippen molar-refractivity contribution in [3.05, 3.63) is 58.1 Å². The normalized spacial score (nSPS) is 11.1. The van der Waals surface area contributed by atoms with Crippen molar-refractivity contribution in [3.8, 4) is 0 Å². The molecule has 0 radical (unpaired) electrons. The summed E-state index contributed by atoms with van der Waals surface area (Å²) in [7, 11) is -3.01. The fourth-order valence-corrected chi connectivity index (χ4v) is 4.21. The topological polar surface area (TPSA) is 107 Å². The highest BCUT2D eigenvalue weighted by Crippen LogP contribution is 2.31. The molecule has 2 aromatic rings. The van der Waals surface area contributed by atoms with Crippen LogP contribution in [0.25, 0.3) is 0 Å². The van der Waals surface area contributed by atoms with Crippen molar-refractivity contribution in [2.24, 2.45) is 0 Å². The SMILES string of the molecule is COC(=O)CN(c1cc([N+](=O)[O-])ccc1C)S(=O)(=O)c1ccc(SC)cc1. The minimum Gasteiger partial charge on any atom is -0.468 e. The van der Waals surface area contributed by atoms with E-state index >= 15 is 0 Å². The van der Waals surface area contributed by atoms with Gasteiger partial charge in [0.1, 0.15) is 6.54 Å². The van der Waals surface area contributed by atoms with E-state index in [2.05, 4.69) is 4.74 Å². The molecule has 27 heavy (non-hydrogen) atoms. The molecule has 0 aliphatic carbocycles. The number of hydrogen-bond acceptors (Lipinski definition) is 7. The van der Waals surface area contributed by atoms with E-state index in [9.17, 15) is 23.3 Å². The number of nitrogens with zero attached hydrogens (tertiary/aromatic N) is 2. The van der Waals surface area contributed by atoms with Crippen molar-refractivity contribution >= 4 is 39.1 Å². The average Bonchev–Trinajstić information content (AvgIpc) is 2.66. The Morgan fingerprint density at radius 3 is 2.37 bits per heavy atom. The summed E-state index contributed by atoms with van der Waals surface area (Å²) in [4.78, 5) is 23.2. The van der Waals surface area contributed by atoms with Crippen LogP contribution in [0.4, 0.5) is 11.4 Å². The number of ether oxygens (including phenoxy) is 1. The van der Waals surface area contributed by atoms with E-state index in [1.54, 1.807) is 19.1 Å². The number of carbonyl (C=O) groups excluding carboxylic acids is 1. The second-order valence-corrected chi connectivity index (χ2v) is 8.23. The number of carbonyl (C=O) groups is 1. The molecule has 0 fully saturated rings. The fourth-order valence-electron chi connectivity index (χ4n) is 2.34. The van der Waals surface area contributed by atoms with Crippen LogP contribution in [0.3, 0.4) is 0 Å². The van der Waals surface area contributed by atoms with Crippen LogP contribution in [0.15, 0.2) is 52.3 Å². The van der Waals surface area contributed by atoms with Crippen LogP contribution >= 0.6 is 11.8 Å². The lowest BCUT2D eigenvalue weighted by atomic mass is 10.2. The lowest BCUT2D eigenvalue weighted by molar-refractivity contribution is -0.384. The van der Waals surface area contributed by atoms with Gasteiger partial charge in [0.05, 0.1) is 22.6 Å². The van der Waals surface area contributed by atoms with Crippen LogP contribution in [-0.4, -0.2) is 39.2 Å². The largest absolute Gasteiger partial charge is 0.468 e. The molecule has 0 N–H and O–H groups in total. The Hall–Kier alpha value is -2.59. The number of nitro benzene ring substituents is 1. The molecule has 144 valence electrons. The number of nitro groups is 1. The van der Waals surface area contributed by atoms with Gasteiger partial charge in [-0.25, -0.2) is 8.42 Å². The van der Waals surface area contributed by atoms with E-state index in [1.165, 1.54) is 36.0 Å². The Morgan fingerprint density at radius 2 is 1.85 bits per heavy atom. The van der Waals surface area contributed by atoms with Gasteiger partial charge in [-0.05, 0) is 43.0 Å². The van der Waals surface area contributed by atoms with Gasteiger partial charge < -0.3 is 4.74 Å². The molecule has 0 saturated heterocycles. The maximum atomic E-state index is 13.2. The number of thioether (sulfide) groups is 1. The summed E-state index contributed by atoms with van der Waals surface area (Å²) in [5.41, 5.74) is 0.232. The minimum atomic E-state index is -4.15. The quantitative estimate of drug-likeness (QED) is 0.299. The third kappa shape index (κ3) is 4.58. The number of esters is 1. The van der Waals surface area contributed by atoms with Crippen molar-refractivity contribution in [2.45, 2.75) is 16.7 Å². The van der Waals surface area contributed by atoms with Crippen LogP contribution < -0.4 is 4.31 Å². The second-order valence-electron chi connectivity index (χ2n) is 5.49. The zero-order valence-corrected chi connectivity index (χ0v) is 16.5. The molecule has 0 heterocycles. The zero-order chi connectivity index (χ0) is 20.2. The van der Waals surface area contributed by atoms with E-state index < -0.39 is 27.5 Å². The number of non-ortho nitro benzene ring substituents is 1. The van der Waals surface area contributed by atoms with Crippen molar-refractivity contribution < 1.29 is 22.9 Å². The van der Waals surface area contributed by atoms with Gasteiger partial charge in [-0.1, -0.05) is 6.07 Å². The average molecular weight is 410 g/mol. The van der Waals surface area contributed by atoms with Gasteiger partial charge in [-0.15, -0.1) is 11.8 Å². The molecule has 0 aromatic heterocycles. The number of anilines is 1. The molecule has 0 bridgehead atoms. The molecule has 0 amide bonds. The summed E-state index contributed by atoms with van der Waals surface area (Å²) < 4.78 is 31.8. The number of benzene rings is 2. The van der Waals surface area contributed by atoms with Crippen LogP contribution in [-0.2, 0) is 19.6 Å². The van der Waals surface area contributed by atoms with Gasteiger partial charge in [0, 0.05) is 17.0 Å². The third-order valence-electron chi connectivity index (χ3n) is 3.82. The van der Waals surface area contributed by atoms with E-state index in [-0.39, 0.29) is 16.3 Å². The molecule has 8 nitrogen and oxygen atoms in total. The smallest absolute Gasteiger partial charge is 0.326 e. The number of aryl methyl sites for hydroxylation is 1. The first-order chi connectivity index (χ1) is 12.7. The molecule has 2 rings (SSSR count). The van der Waals surface area contributed by atoms with E-state index in [0.717, 1.165) is 22.4 Å². The van der Waals surface area contributed by atoms with Crippen LogP contribution in [0.2, 0.25) is 0 Å². The summed E-state index contributed by atoms with van der Waals surface area (Å²) >= 11 is 1.46. The Morgan fingerprint density at radius 1 is 1.22 bits per heavy atom. The summed E-state index contributed by atoms with van der Waals surface area (Å²) in [6.45, 7) is 1.00. The van der Waals surface area contributed by atoms with Crippen LogP contribution in [0, 0.1) is 17.0 Å². The standard InChI is InChI=1S/C17H18N2O6S2/c1-12-4-5-13(19(21)22)10-16(12)18(11-17(20)25-2)27(23,24)15-8-6-14(26-3)7-9-15/h4-10H,11H2,1-3H3. The molecule has 0 spiro atoms. The lowest BCUT2D eigenvalue weighted by Crippen LogP contribution is -2.36. The molecule has 10 heteroatoms. The monoisotopic (exact) mass is 410 g/mol. The summed E-state index contributed by atoms with van der Waals surface area (Å²) in [5, 5.41) is 11.1. The zero-order valence-electron chi connectivity index (χ0n) is 14.9. The molecular formula is C17H18N2O6S2. The molecular weight excluding hydrogens is 392 g/mol. The Labute approximate surface area is 161 Å². The first kappa shape index (κ1) is 20.7. The number of sulfonamides is 1. The fraction of sp³-hybridized carbons (Fsp3) is 0.235. The molecule has 0 saturated carbocycles.